The topological polar surface area (TPSA) is 34.1 Å². The van der Waals surface area contributed by atoms with Crippen LogP contribution in [0.5, 0.6) is 0 Å². The van der Waals surface area contributed by atoms with Crippen LogP contribution >= 0.6 is 11.6 Å². The average molecular weight is 219 g/mol. The van der Waals surface area contributed by atoms with Crippen LogP contribution in [0.1, 0.15) is 13.3 Å². The molecule has 1 aromatic carbocycles. The summed E-state index contributed by atoms with van der Waals surface area (Å²) in [5, 5.41) is 0.456. The van der Waals surface area contributed by atoms with Gasteiger partial charge in [0, 0.05) is 5.02 Å². The number of sulfone groups is 1. The maximum atomic E-state index is 11.5. The normalized spacial score (nSPS) is 11.5. The van der Waals surface area contributed by atoms with Crippen LogP contribution in [-0.2, 0) is 9.84 Å². The van der Waals surface area contributed by atoms with Gasteiger partial charge in [-0.15, -0.1) is 0 Å². The van der Waals surface area contributed by atoms with Gasteiger partial charge in [-0.1, -0.05) is 24.6 Å². The minimum absolute atomic E-state index is 0.174. The summed E-state index contributed by atoms with van der Waals surface area (Å²) in [4.78, 5) is 0.307. The Morgan fingerprint density at radius 1 is 1.38 bits per heavy atom. The highest BCUT2D eigenvalue weighted by atomic mass is 35.5. The Hall–Kier alpha value is -0.540. The first-order valence-electron chi connectivity index (χ1n) is 4.04. The summed E-state index contributed by atoms with van der Waals surface area (Å²) in [5.41, 5.74) is 0. The van der Waals surface area contributed by atoms with Crippen molar-refractivity contribution in [1.82, 2.24) is 0 Å². The van der Waals surface area contributed by atoms with E-state index in [0.29, 0.717) is 16.3 Å². The molecule has 2 nitrogen and oxygen atoms in total. The molecule has 13 heavy (non-hydrogen) atoms. The smallest absolute Gasteiger partial charge is 0.178 e. The molecule has 0 bridgehead atoms. The van der Waals surface area contributed by atoms with Gasteiger partial charge in [-0.05, 0) is 24.6 Å². The van der Waals surface area contributed by atoms with Crippen molar-refractivity contribution in [2.75, 3.05) is 5.75 Å². The maximum absolute atomic E-state index is 11.5. The van der Waals surface area contributed by atoms with Gasteiger partial charge < -0.3 is 0 Å². The van der Waals surface area contributed by atoms with Gasteiger partial charge in [-0.2, -0.15) is 0 Å². The van der Waals surface area contributed by atoms with E-state index in [1.165, 1.54) is 6.07 Å². The number of hydrogen-bond acceptors (Lipinski definition) is 2. The molecule has 0 saturated carbocycles. The van der Waals surface area contributed by atoms with Gasteiger partial charge in [-0.3, -0.25) is 0 Å². The van der Waals surface area contributed by atoms with E-state index < -0.39 is 9.84 Å². The van der Waals surface area contributed by atoms with Crippen LogP contribution in [-0.4, -0.2) is 14.2 Å². The standard InChI is InChI=1S/C9H11ClO2S/c1-2-6-13(11,12)9-5-3-4-8(10)7-9/h3-5,7H,2,6H2,1H3. The summed E-state index contributed by atoms with van der Waals surface area (Å²) in [6, 6.07) is 6.35. The van der Waals surface area contributed by atoms with Crippen molar-refractivity contribution in [3.63, 3.8) is 0 Å². The lowest BCUT2D eigenvalue weighted by Crippen LogP contribution is -2.05. The maximum Gasteiger partial charge on any atom is 0.178 e. The largest absolute Gasteiger partial charge is 0.224 e. The SMILES string of the molecule is CCCS(=O)(=O)c1cccc(Cl)c1. The first kappa shape index (κ1) is 10.5. The van der Waals surface area contributed by atoms with E-state index in [-0.39, 0.29) is 5.75 Å². The lowest BCUT2D eigenvalue weighted by Gasteiger charge is -2.02. The van der Waals surface area contributed by atoms with Crippen LogP contribution in [0.25, 0.3) is 0 Å². The first-order chi connectivity index (χ1) is 6.06. The summed E-state index contributed by atoms with van der Waals surface area (Å²) < 4.78 is 23.1. The second-order valence-corrected chi connectivity index (χ2v) is 5.32. The van der Waals surface area contributed by atoms with Crippen LogP contribution in [0.15, 0.2) is 29.2 Å². The molecule has 1 aromatic rings. The summed E-state index contributed by atoms with van der Waals surface area (Å²) in [7, 11) is -3.12. The zero-order chi connectivity index (χ0) is 9.90. The number of benzene rings is 1. The number of halogens is 1. The van der Waals surface area contributed by atoms with Crippen LogP contribution in [0.4, 0.5) is 0 Å². The Morgan fingerprint density at radius 2 is 2.08 bits per heavy atom. The molecule has 0 heterocycles. The van der Waals surface area contributed by atoms with E-state index in [4.69, 9.17) is 11.6 Å². The van der Waals surface area contributed by atoms with Crippen molar-refractivity contribution in [3.8, 4) is 0 Å². The number of hydrogen-bond donors (Lipinski definition) is 0. The van der Waals surface area contributed by atoms with Gasteiger partial charge in [0.15, 0.2) is 9.84 Å². The summed E-state index contributed by atoms with van der Waals surface area (Å²) in [6.45, 7) is 1.84. The zero-order valence-corrected chi connectivity index (χ0v) is 8.90. The van der Waals surface area contributed by atoms with Crippen molar-refractivity contribution in [3.05, 3.63) is 29.3 Å². The van der Waals surface area contributed by atoms with E-state index in [9.17, 15) is 8.42 Å². The molecular weight excluding hydrogens is 208 g/mol. The molecule has 0 fully saturated rings. The van der Waals surface area contributed by atoms with Crippen LogP contribution in [0.3, 0.4) is 0 Å². The summed E-state index contributed by atoms with van der Waals surface area (Å²) >= 11 is 5.69. The first-order valence-corrected chi connectivity index (χ1v) is 6.07. The molecule has 0 radical (unpaired) electrons. The van der Waals surface area contributed by atoms with E-state index in [1.807, 2.05) is 6.92 Å². The second kappa shape index (κ2) is 4.11. The van der Waals surface area contributed by atoms with E-state index in [0.717, 1.165) is 0 Å². The Kier molecular flexibility index (Phi) is 3.33. The molecule has 0 aliphatic carbocycles. The Labute approximate surface area is 83.5 Å². The fourth-order valence-corrected chi connectivity index (χ4v) is 2.67. The van der Waals surface area contributed by atoms with Crippen molar-refractivity contribution < 1.29 is 8.42 Å². The number of rotatable bonds is 3. The van der Waals surface area contributed by atoms with Crippen molar-refractivity contribution in [2.24, 2.45) is 0 Å². The molecule has 0 spiro atoms. The van der Waals surface area contributed by atoms with Crippen molar-refractivity contribution >= 4 is 21.4 Å². The predicted molar refractivity (Wildman–Crippen MR) is 53.8 cm³/mol. The van der Waals surface area contributed by atoms with Gasteiger partial charge in [0.1, 0.15) is 0 Å². The minimum Gasteiger partial charge on any atom is -0.224 e. The Bertz CT molecular complexity index is 384. The molecule has 0 saturated heterocycles. The van der Waals surface area contributed by atoms with Gasteiger partial charge in [0.2, 0.25) is 0 Å². The second-order valence-electron chi connectivity index (χ2n) is 2.78. The zero-order valence-electron chi connectivity index (χ0n) is 7.33. The molecule has 0 aliphatic rings. The quantitative estimate of drug-likeness (QED) is 0.782. The highest BCUT2D eigenvalue weighted by molar-refractivity contribution is 7.91. The van der Waals surface area contributed by atoms with Crippen LogP contribution in [0, 0.1) is 0 Å². The molecule has 0 N–H and O–H groups in total. The van der Waals surface area contributed by atoms with Gasteiger partial charge >= 0.3 is 0 Å². The van der Waals surface area contributed by atoms with E-state index in [1.54, 1.807) is 18.2 Å². The van der Waals surface area contributed by atoms with Crippen LogP contribution < -0.4 is 0 Å². The lowest BCUT2D eigenvalue weighted by molar-refractivity contribution is 0.594. The average Bonchev–Trinajstić information content (AvgIpc) is 2.04. The fourth-order valence-electron chi connectivity index (χ4n) is 1.05. The Morgan fingerprint density at radius 3 is 2.62 bits per heavy atom. The lowest BCUT2D eigenvalue weighted by atomic mass is 10.4. The predicted octanol–water partition coefficient (Wildman–Crippen LogP) is 2.52. The molecule has 0 aromatic heterocycles. The third kappa shape index (κ3) is 2.71. The summed E-state index contributed by atoms with van der Waals surface area (Å²) in [6.07, 6.45) is 0.620. The fraction of sp³-hybridized carbons (Fsp3) is 0.333. The highest BCUT2D eigenvalue weighted by Crippen LogP contribution is 2.16. The Balaban J connectivity index is 3.08. The molecule has 0 amide bonds. The third-order valence-electron chi connectivity index (χ3n) is 1.63. The molecule has 4 heteroatoms. The van der Waals surface area contributed by atoms with Crippen molar-refractivity contribution in [2.45, 2.75) is 18.2 Å². The molecule has 1 rings (SSSR count). The highest BCUT2D eigenvalue weighted by Gasteiger charge is 2.12. The monoisotopic (exact) mass is 218 g/mol. The molecular formula is C9H11ClO2S. The molecule has 0 unspecified atom stereocenters. The van der Waals surface area contributed by atoms with Gasteiger partial charge in [0.05, 0.1) is 10.6 Å². The van der Waals surface area contributed by atoms with Crippen molar-refractivity contribution in [1.29, 1.82) is 0 Å². The molecule has 0 aliphatic heterocycles. The summed E-state index contributed by atoms with van der Waals surface area (Å²) in [5.74, 6) is 0.174. The molecule has 72 valence electrons. The van der Waals surface area contributed by atoms with Gasteiger partial charge in [-0.25, -0.2) is 8.42 Å². The minimum atomic E-state index is -3.12. The third-order valence-corrected chi connectivity index (χ3v) is 3.78. The molecule has 0 atom stereocenters. The van der Waals surface area contributed by atoms with Crippen LogP contribution in [0.2, 0.25) is 5.02 Å². The van der Waals surface area contributed by atoms with E-state index in [2.05, 4.69) is 0 Å². The van der Waals surface area contributed by atoms with E-state index >= 15 is 0 Å². The van der Waals surface area contributed by atoms with Gasteiger partial charge in [0.25, 0.3) is 0 Å².